The molecule has 2 heterocycles. The summed E-state index contributed by atoms with van der Waals surface area (Å²) in [7, 11) is 5.22. The number of ether oxygens (including phenoxy) is 2. The number of aryl methyl sites for hydroxylation is 1. The van der Waals surface area contributed by atoms with Gasteiger partial charge in [-0.25, -0.2) is 0 Å². The molecule has 1 aromatic carbocycles. The fourth-order valence-corrected chi connectivity index (χ4v) is 3.59. The molecule has 0 saturated carbocycles. The van der Waals surface area contributed by atoms with Gasteiger partial charge < -0.3 is 19.7 Å². The van der Waals surface area contributed by atoms with Crippen molar-refractivity contribution in [3.63, 3.8) is 0 Å². The molecule has 1 fully saturated rings. The number of hydrogen-bond acceptors (Lipinski definition) is 4. The SMILES string of the molecule is CN=C(NCCc1ccc(C)nc1)N1CCC(c2cc(OC)cc(OC)c2)C1.I. The summed E-state index contributed by atoms with van der Waals surface area (Å²) in [5.41, 5.74) is 3.53. The first kappa shape index (κ1) is 23.3. The molecule has 0 amide bonds. The van der Waals surface area contributed by atoms with Crippen molar-refractivity contribution in [2.45, 2.75) is 25.7 Å². The standard InChI is InChI=1S/C22H30N4O2.HI/c1-16-5-6-17(14-25-16)7-9-24-22(23-2)26-10-8-18(15-26)19-11-20(27-3)13-21(12-19)28-4;/h5-6,11-14,18H,7-10,15H2,1-4H3,(H,23,24);1H. The lowest BCUT2D eigenvalue weighted by Gasteiger charge is -2.22. The number of benzene rings is 1. The van der Waals surface area contributed by atoms with Crippen LogP contribution in [-0.2, 0) is 6.42 Å². The second kappa shape index (κ2) is 11.2. The highest BCUT2D eigenvalue weighted by molar-refractivity contribution is 14.0. The van der Waals surface area contributed by atoms with Gasteiger partial charge in [0.05, 0.1) is 14.2 Å². The summed E-state index contributed by atoms with van der Waals surface area (Å²) in [5.74, 6) is 3.06. The molecule has 1 aliphatic rings. The molecule has 1 aromatic heterocycles. The van der Waals surface area contributed by atoms with Crippen molar-refractivity contribution < 1.29 is 9.47 Å². The summed E-state index contributed by atoms with van der Waals surface area (Å²) in [6, 6.07) is 10.3. The van der Waals surface area contributed by atoms with Crippen LogP contribution in [0.4, 0.5) is 0 Å². The van der Waals surface area contributed by atoms with E-state index in [0.717, 1.165) is 55.6 Å². The summed E-state index contributed by atoms with van der Waals surface area (Å²) in [6.07, 6.45) is 3.96. The van der Waals surface area contributed by atoms with E-state index in [1.54, 1.807) is 14.2 Å². The maximum atomic E-state index is 5.42. The minimum atomic E-state index is 0. The van der Waals surface area contributed by atoms with Crippen LogP contribution in [0.2, 0.25) is 0 Å². The zero-order valence-electron chi connectivity index (χ0n) is 17.6. The molecule has 1 N–H and O–H groups in total. The average molecular weight is 510 g/mol. The highest BCUT2D eigenvalue weighted by Crippen LogP contribution is 2.32. The molecule has 0 aliphatic carbocycles. The molecule has 158 valence electrons. The van der Waals surface area contributed by atoms with E-state index in [2.05, 4.69) is 44.5 Å². The quantitative estimate of drug-likeness (QED) is 0.366. The normalized spacial score (nSPS) is 16.3. The molecule has 1 unspecified atom stereocenters. The lowest BCUT2D eigenvalue weighted by molar-refractivity contribution is 0.392. The van der Waals surface area contributed by atoms with Crippen LogP contribution in [0.25, 0.3) is 0 Å². The molecular weight excluding hydrogens is 479 g/mol. The number of rotatable bonds is 6. The van der Waals surface area contributed by atoms with E-state index in [1.807, 2.05) is 26.2 Å². The molecule has 6 nitrogen and oxygen atoms in total. The van der Waals surface area contributed by atoms with Gasteiger partial charge in [-0.1, -0.05) is 6.07 Å². The fourth-order valence-electron chi connectivity index (χ4n) is 3.59. The van der Waals surface area contributed by atoms with Crippen molar-refractivity contribution in [2.75, 3.05) is 40.9 Å². The lowest BCUT2D eigenvalue weighted by atomic mass is 9.98. The van der Waals surface area contributed by atoms with Gasteiger partial charge in [0.15, 0.2) is 5.96 Å². The van der Waals surface area contributed by atoms with Crippen LogP contribution in [0.3, 0.4) is 0 Å². The number of guanidine groups is 1. The lowest BCUT2D eigenvalue weighted by Crippen LogP contribution is -2.40. The van der Waals surface area contributed by atoms with Crippen LogP contribution < -0.4 is 14.8 Å². The van der Waals surface area contributed by atoms with Crippen LogP contribution in [0.1, 0.15) is 29.2 Å². The van der Waals surface area contributed by atoms with Gasteiger partial charge in [-0.3, -0.25) is 9.98 Å². The van der Waals surface area contributed by atoms with E-state index in [1.165, 1.54) is 11.1 Å². The number of methoxy groups -OCH3 is 2. The van der Waals surface area contributed by atoms with Gasteiger partial charge in [0.1, 0.15) is 11.5 Å². The second-order valence-corrected chi connectivity index (χ2v) is 7.11. The van der Waals surface area contributed by atoms with Crippen molar-refractivity contribution in [3.8, 4) is 11.5 Å². The van der Waals surface area contributed by atoms with Crippen molar-refractivity contribution in [3.05, 3.63) is 53.3 Å². The van der Waals surface area contributed by atoms with E-state index >= 15 is 0 Å². The number of halogens is 1. The van der Waals surface area contributed by atoms with Gasteiger partial charge in [0, 0.05) is 50.6 Å². The molecular formula is C22H31IN4O2. The third-order valence-electron chi connectivity index (χ3n) is 5.21. The Kier molecular flexibility index (Phi) is 9.00. The highest BCUT2D eigenvalue weighted by atomic mass is 127. The number of likely N-dealkylation sites (tertiary alicyclic amines) is 1. The topological polar surface area (TPSA) is 59.0 Å². The van der Waals surface area contributed by atoms with E-state index in [-0.39, 0.29) is 24.0 Å². The number of aliphatic imine (C=N–C) groups is 1. The van der Waals surface area contributed by atoms with Crippen molar-refractivity contribution in [1.82, 2.24) is 15.2 Å². The molecule has 1 aliphatic heterocycles. The highest BCUT2D eigenvalue weighted by Gasteiger charge is 2.26. The number of pyridine rings is 1. The van der Waals surface area contributed by atoms with Crippen molar-refractivity contribution >= 4 is 29.9 Å². The Morgan fingerprint density at radius 3 is 2.52 bits per heavy atom. The third kappa shape index (κ3) is 6.22. The van der Waals surface area contributed by atoms with E-state index in [0.29, 0.717) is 5.92 Å². The van der Waals surface area contributed by atoms with Crippen LogP contribution >= 0.6 is 24.0 Å². The van der Waals surface area contributed by atoms with E-state index in [9.17, 15) is 0 Å². The predicted molar refractivity (Wildman–Crippen MR) is 128 cm³/mol. The molecule has 3 rings (SSSR count). The minimum Gasteiger partial charge on any atom is -0.497 e. The van der Waals surface area contributed by atoms with Gasteiger partial charge in [-0.2, -0.15) is 0 Å². The summed E-state index contributed by atoms with van der Waals surface area (Å²) in [5, 5.41) is 3.49. The molecule has 7 heteroatoms. The van der Waals surface area contributed by atoms with Gasteiger partial charge in [-0.15, -0.1) is 24.0 Å². The third-order valence-corrected chi connectivity index (χ3v) is 5.21. The monoisotopic (exact) mass is 510 g/mol. The largest absolute Gasteiger partial charge is 0.497 e. The molecule has 0 spiro atoms. The first-order chi connectivity index (χ1) is 13.6. The average Bonchev–Trinajstić information content (AvgIpc) is 3.22. The number of hydrogen-bond donors (Lipinski definition) is 1. The van der Waals surface area contributed by atoms with Crippen LogP contribution in [-0.4, -0.2) is 56.7 Å². The Balaban J connectivity index is 0.00000300. The Morgan fingerprint density at radius 1 is 1.21 bits per heavy atom. The molecule has 2 aromatic rings. The summed E-state index contributed by atoms with van der Waals surface area (Å²) >= 11 is 0. The van der Waals surface area contributed by atoms with Crippen molar-refractivity contribution in [2.24, 2.45) is 4.99 Å². The maximum absolute atomic E-state index is 5.42. The van der Waals surface area contributed by atoms with Gasteiger partial charge >= 0.3 is 0 Å². The van der Waals surface area contributed by atoms with Crippen LogP contribution in [0, 0.1) is 6.92 Å². The molecule has 1 saturated heterocycles. The number of nitrogens with zero attached hydrogens (tertiary/aromatic N) is 3. The van der Waals surface area contributed by atoms with Crippen molar-refractivity contribution in [1.29, 1.82) is 0 Å². The summed E-state index contributed by atoms with van der Waals surface area (Å²) < 4.78 is 10.8. The van der Waals surface area contributed by atoms with Gasteiger partial charge in [0.25, 0.3) is 0 Å². The van der Waals surface area contributed by atoms with Gasteiger partial charge in [-0.05, 0) is 49.1 Å². The fraction of sp³-hybridized carbons (Fsp3) is 0.455. The first-order valence-electron chi connectivity index (χ1n) is 9.73. The van der Waals surface area contributed by atoms with E-state index in [4.69, 9.17) is 9.47 Å². The smallest absolute Gasteiger partial charge is 0.193 e. The van der Waals surface area contributed by atoms with Crippen LogP contribution in [0.15, 0.2) is 41.5 Å². The van der Waals surface area contributed by atoms with Crippen LogP contribution in [0.5, 0.6) is 11.5 Å². The summed E-state index contributed by atoms with van der Waals surface area (Å²) in [4.78, 5) is 11.2. The Labute approximate surface area is 190 Å². The minimum absolute atomic E-state index is 0. The summed E-state index contributed by atoms with van der Waals surface area (Å²) in [6.45, 7) is 4.76. The maximum Gasteiger partial charge on any atom is 0.193 e. The Bertz CT molecular complexity index is 789. The zero-order chi connectivity index (χ0) is 19.9. The van der Waals surface area contributed by atoms with E-state index < -0.39 is 0 Å². The second-order valence-electron chi connectivity index (χ2n) is 7.11. The van der Waals surface area contributed by atoms with Gasteiger partial charge in [0.2, 0.25) is 0 Å². The first-order valence-corrected chi connectivity index (χ1v) is 9.73. The Hall–Kier alpha value is -2.03. The number of aromatic nitrogens is 1. The zero-order valence-corrected chi connectivity index (χ0v) is 20.0. The molecule has 0 bridgehead atoms. The molecule has 29 heavy (non-hydrogen) atoms. The molecule has 0 radical (unpaired) electrons. The number of nitrogens with one attached hydrogen (secondary N) is 1. The predicted octanol–water partition coefficient (Wildman–Crippen LogP) is 3.63. The molecule has 1 atom stereocenters. The Morgan fingerprint density at radius 2 is 1.93 bits per heavy atom.